The van der Waals surface area contributed by atoms with Crippen molar-refractivity contribution in [3.8, 4) is 5.75 Å². The Hall–Kier alpha value is -3.39. The van der Waals surface area contributed by atoms with Crippen molar-refractivity contribution in [1.29, 1.82) is 0 Å². The van der Waals surface area contributed by atoms with Crippen molar-refractivity contribution in [2.75, 3.05) is 11.9 Å². The first-order chi connectivity index (χ1) is 14.6. The minimum atomic E-state index is -0.426. The third-order valence-corrected chi connectivity index (χ3v) is 4.80. The number of hydrogen-bond acceptors (Lipinski definition) is 7. The predicted octanol–water partition coefficient (Wildman–Crippen LogP) is 4.40. The second-order valence-electron chi connectivity index (χ2n) is 6.24. The van der Waals surface area contributed by atoms with E-state index < -0.39 is 5.91 Å². The zero-order valence-corrected chi connectivity index (χ0v) is 17.4. The third-order valence-electron chi connectivity index (χ3n) is 4.00. The molecule has 156 valence electrons. The van der Waals surface area contributed by atoms with Gasteiger partial charge in [0.25, 0.3) is 5.91 Å². The smallest absolute Gasteiger partial charge is 0.311 e. The molecule has 0 saturated carbocycles. The molecule has 0 atom stereocenters. The Bertz CT molecular complexity index is 1020. The highest BCUT2D eigenvalue weighted by atomic mass is 32.1. The Morgan fingerprint density at radius 2 is 2.10 bits per heavy atom. The highest BCUT2D eigenvalue weighted by molar-refractivity contribution is 7.14. The fourth-order valence-electron chi connectivity index (χ4n) is 2.66. The summed E-state index contributed by atoms with van der Waals surface area (Å²) in [6.07, 6.45) is 2.58. The zero-order valence-electron chi connectivity index (χ0n) is 16.6. The molecule has 0 saturated heterocycles. The number of anilines is 1. The molecule has 1 aromatic carbocycles. The fourth-order valence-corrected chi connectivity index (χ4v) is 3.36. The largest absolute Gasteiger partial charge is 0.485 e. The summed E-state index contributed by atoms with van der Waals surface area (Å²) in [5, 5.41) is 4.75. The van der Waals surface area contributed by atoms with Crippen molar-refractivity contribution in [3.63, 3.8) is 0 Å². The summed E-state index contributed by atoms with van der Waals surface area (Å²) in [7, 11) is 0. The second-order valence-corrected chi connectivity index (χ2v) is 7.09. The number of thiazole rings is 1. The van der Waals surface area contributed by atoms with Crippen LogP contribution in [0.2, 0.25) is 0 Å². The minimum Gasteiger partial charge on any atom is -0.485 e. The third kappa shape index (κ3) is 5.81. The second kappa shape index (κ2) is 10.4. The Balaban J connectivity index is 1.56. The van der Waals surface area contributed by atoms with Crippen molar-refractivity contribution in [3.05, 3.63) is 77.2 Å². The number of carbonyl (C=O) groups excluding carboxylic acids is 2. The van der Waals surface area contributed by atoms with Crippen LogP contribution in [0.5, 0.6) is 5.75 Å². The molecule has 0 radical (unpaired) electrons. The van der Waals surface area contributed by atoms with E-state index in [1.807, 2.05) is 30.3 Å². The Morgan fingerprint density at radius 1 is 1.27 bits per heavy atom. The summed E-state index contributed by atoms with van der Waals surface area (Å²) < 4.78 is 16.3. The van der Waals surface area contributed by atoms with Crippen LogP contribution in [0.4, 0.5) is 5.13 Å². The van der Waals surface area contributed by atoms with E-state index in [1.165, 1.54) is 11.3 Å². The van der Waals surface area contributed by atoms with Gasteiger partial charge >= 0.3 is 5.97 Å². The maximum atomic E-state index is 12.4. The molecule has 2 heterocycles. The molecule has 0 unspecified atom stereocenters. The SMILES string of the molecule is C=CCc1ccccc1OCc1ccc(C(=O)Nc2nc(CC(=O)OCC)cs2)o1. The quantitative estimate of drug-likeness (QED) is 0.382. The number of nitrogens with zero attached hydrogens (tertiary/aromatic N) is 1. The van der Waals surface area contributed by atoms with E-state index in [9.17, 15) is 9.59 Å². The number of furan rings is 1. The highest BCUT2D eigenvalue weighted by Crippen LogP contribution is 2.21. The Kier molecular flexibility index (Phi) is 7.40. The van der Waals surface area contributed by atoms with Crippen LogP contribution in [0.3, 0.4) is 0 Å². The first-order valence-corrected chi connectivity index (χ1v) is 10.3. The maximum absolute atomic E-state index is 12.4. The van der Waals surface area contributed by atoms with Crippen LogP contribution in [0.1, 0.15) is 34.5 Å². The molecule has 0 spiro atoms. The van der Waals surface area contributed by atoms with Gasteiger partial charge in [-0.05, 0) is 37.1 Å². The van der Waals surface area contributed by atoms with E-state index in [0.717, 1.165) is 11.3 Å². The first-order valence-electron chi connectivity index (χ1n) is 9.40. The number of carbonyl (C=O) groups is 2. The molecule has 0 fully saturated rings. The molecule has 0 bridgehead atoms. The van der Waals surface area contributed by atoms with Crippen molar-refractivity contribution >= 4 is 28.3 Å². The molecule has 1 amide bonds. The molecule has 1 N–H and O–H groups in total. The van der Waals surface area contributed by atoms with E-state index in [4.69, 9.17) is 13.9 Å². The number of hydrogen-bond donors (Lipinski definition) is 1. The molecule has 2 aromatic heterocycles. The van der Waals surface area contributed by atoms with Crippen molar-refractivity contribution in [1.82, 2.24) is 4.98 Å². The van der Waals surface area contributed by atoms with Crippen LogP contribution >= 0.6 is 11.3 Å². The van der Waals surface area contributed by atoms with Gasteiger partial charge in [-0.15, -0.1) is 17.9 Å². The lowest BCUT2D eigenvalue weighted by molar-refractivity contribution is -0.142. The summed E-state index contributed by atoms with van der Waals surface area (Å²) in [5.41, 5.74) is 1.57. The van der Waals surface area contributed by atoms with Crippen molar-refractivity contribution < 1.29 is 23.5 Å². The number of esters is 1. The average Bonchev–Trinajstić information content (AvgIpc) is 3.37. The van der Waals surface area contributed by atoms with Crippen LogP contribution in [-0.4, -0.2) is 23.5 Å². The summed E-state index contributed by atoms with van der Waals surface area (Å²) >= 11 is 1.23. The van der Waals surface area contributed by atoms with E-state index in [-0.39, 0.29) is 24.8 Å². The van der Waals surface area contributed by atoms with Gasteiger partial charge in [0.2, 0.25) is 0 Å². The number of rotatable bonds is 10. The van der Waals surface area contributed by atoms with Gasteiger partial charge in [0.1, 0.15) is 18.1 Å². The zero-order chi connectivity index (χ0) is 21.3. The molecule has 0 aliphatic carbocycles. The number of aromatic nitrogens is 1. The lowest BCUT2D eigenvalue weighted by atomic mass is 10.1. The number of amides is 1. The van der Waals surface area contributed by atoms with Gasteiger partial charge in [0.15, 0.2) is 10.9 Å². The average molecular weight is 426 g/mol. The van der Waals surface area contributed by atoms with Crippen LogP contribution in [-0.2, 0) is 29.0 Å². The van der Waals surface area contributed by atoms with E-state index in [0.29, 0.717) is 29.6 Å². The number of ether oxygens (including phenoxy) is 2. The number of benzene rings is 1. The fraction of sp³-hybridized carbons (Fsp3) is 0.227. The molecular formula is C22H22N2O5S. The van der Waals surface area contributed by atoms with Gasteiger partial charge in [-0.3, -0.25) is 14.9 Å². The van der Waals surface area contributed by atoms with E-state index in [1.54, 1.807) is 24.4 Å². The van der Waals surface area contributed by atoms with Gasteiger partial charge in [0, 0.05) is 5.38 Å². The molecule has 3 rings (SSSR count). The Morgan fingerprint density at radius 3 is 2.90 bits per heavy atom. The van der Waals surface area contributed by atoms with E-state index >= 15 is 0 Å². The van der Waals surface area contributed by atoms with Gasteiger partial charge in [-0.25, -0.2) is 4.98 Å². The normalized spacial score (nSPS) is 10.4. The monoisotopic (exact) mass is 426 g/mol. The molecular weight excluding hydrogens is 404 g/mol. The molecule has 3 aromatic rings. The minimum absolute atomic E-state index is 0.0653. The van der Waals surface area contributed by atoms with Crippen LogP contribution in [0, 0.1) is 0 Å². The molecule has 30 heavy (non-hydrogen) atoms. The summed E-state index contributed by atoms with van der Waals surface area (Å²) in [6.45, 7) is 6.01. The van der Waals surface area contributed by atoms with E-state index in [2.05, 4.69) is 16.9 Å². The highest BCUT2D eigenvalue weighted by Gasteiger charge is 2.15. The van der Waals surface area contributed by atoms with Gasteiger partial charge in [-0.2, -0.15) is 0 Å². The predicted molar refractivity (Wildman–Crippen MR) is 114 cm³/mol. The topological polar surface area (TPSA) is 90.7 Å². The lowest BCUT2D eigenvalue weighted by Gasteiger charge is -2.08. The van der Waals surface area contributed by atoms with Crippen molar-refractivity contribution in [2.45, 2.75) is 26.4 Å². The van der Waals surface area contributed by atoms with Gasteiger partial charge in [0.05, 0.1) is 18.7 Å². The summed E-state index contributed by atoms with van der Waals surface area (Å²) in [4.78, 5) is 28.1. The number of allylic oxidation sites excluding steroid dienone is 1. The first kappa shape index (κ1) is 21.3. The van der Waals surface area contributed by atoms with Gasteiger partial charge in [-0.1, -0.05) is 24.3 Å². The number of nitrogens with one attached hydrogen (secondary N) is 1. The van der Waals surface area contributed by atoms with Crippen molar-refractivity contribution in [2.24, 2.45) is 0 Å². The standard InChI is InChI=1S/C22H22N2O5S/c1-3-7-15-8-5-6-9-18(15)28-13-17-10-11-19(29-17)21(26)24-22-23-16(14-30-22)12-20(25)27-4-2/h3,5-6,8-11,14H,1,4,7,12-13H2,2H3,(H,23,24,26). The number of para-hydroxylation sites is 1. The summed E-state index contributed by atoms with van der Waals surface area (Å²) in [6, 6.07) is 11.0. The molecule has 0 aliphatic rings. The molecule has 0 aliphatic heterocycles. The van der Waals surface area contributed by atoms with Crippen LogP contribution in [0.25, 0.3) is 0 Å². The molecule has 8 heteroatoms. The van der Waals surface area contributed by atoms with Crippen LogP contribution < -0.4 is 10.1 Å². The lowest BCUT2D eigenvalue weighted by Crippen LogP contribution is -2.11. The molecule has 7 nitrogen and oxygen atoms in total. The van der Waals surface area contributed by atoms with Gasteiger partial charge < -0.3 is 13.9 Å². The Labute approximate surface area is 178 Å². The van der Waals surface area contributed by atoms with Crippen LogP contribution in [0.15, 0.2) is 58.9 Å². The summed E-state index contributed by atoms with van der Waals surface area (Å²) in [5.74, 6) is 0.638. The maximum Gasteiger partial charge on any atom is 0.311 e.